The highest BCUT2D eigenvalue weighted by Crippen LogP contribution is 2.11. The number of aromatic nitrogens is 1. The molecular formula is C11H21N5OS. The van der Waals surface area contributed by atoms with E-state index in [2.05, 4.69) is 20.7 Å². The van der Waals surface area contributed by atoms with E-state index < -0.39 is 0 Å². The second-order valence-corrected chi connectivity index (χ2v) is 4.95. The van der Waals surface area contributed by atoms with Crippen LogP contribution in [0.4, 0.5) is 0 Å². The van der Waals surface area contributed by atoms with Crippen LogP contribution in [0.15, 0.2) is 11.2 Å². The monoisotopic (exact) mass is 271 g/mol. The maximum atomic E-state index is 5.40. The fourth-order valence-corrected chi connectivity index (χ4v) is 2.03. The van der Waals surface area contributed by atoms with Crippen LogP contribution in [0, 0.1) is 6.92 Å². The van der Waals surface area contributed by atoms with Gasteiger partial charge in [-0.25, -0.2) is 15.8 Å². The summed E-state index contributed by atoms with van der Waals surface area (Å²) in [6.45, 7) is 6.83. The van der Waals surface area contributed by atoms with Crippen LogP contribution < -0.4 is 16.6 Å². The average Bonchev–Trinajstić information content (AvgIpc) is 2.78. The number of rotatable bonds is 7. The van der Waals surface area contributed by atoms with Gasteiger partial charge in [0.15, 0.2) is 0 Å². The predicted molar refractivity (Wildman–Crippen MR) is 74.4 cm³/mol. The lowest BCUT2D eigenvalue weighted by atomic mass is 10.4. The van der Waals surface area contributed by atoms with Crippen molar-refractivity contribution in [1.29, 1.82) is 0 Å². The number of ether oxygens (including phenoxy) is 1. The topological polar surface area (TPSA) is 84.6 Å². The highest BCUT2D eigenvalue weighted by Gasteiger charge is 1.99. The second-order valence-electron chi connectivity index (χ2n) is 3.63. The van der Waals surface area contributed by atoms with Gasteiger partial charge in [-0.1, -0.05) is 0 Å². The Hall–Kier alpha value is -1.18. The van der Waals surface area contributed by atoms with Crippen LogP contribution in [0.25, 0.3) is 0 Å². The summed E-state index contributed by atoms with van der Waals surface area (Å²) in [6, 6.07) is 0. The van der Waals surface area contributed by atoms with Gasteiger partial charge in [0.05, 0.1) is 11.6 Å². The first-order valence-electron chi connectivity index (χ1n) is 6.00. The quantitative estimate of drug-likeness (QED) is 0.224. The third kappa shape index (κ3) is 5.95. The first-order valence-corrected chi connectivity index (χ1v) is 6.82. The largest absolute Gasteiger partial charge is 0.382 e. The zero-order chi connectivity index (χ0) is 13.2. The third-order valence-electron chi connectivity index (χ3n) is 2.16. The number of nitrogens with zero attached hydrogens (tertiary/aromatic N) is 2. The van der Waals surface area contributed by atoms with Gasteiger partial charge in [0.25, 0.3) is 0 Å². The fourth-order valence-electron chi connectivity index (χ4n) is 1.31. The molecule has 0 saturated carbocycles. The molecule has 6 nitrogen and oxygen atoms in total. The molecule has 1 aromatic heterocycles. The Morgan fingerprint density at radius 2 is 2.44 bits per heavy atom. The van der Waals surface area contributed by atoms with Crippen molar-refractivity contribution in [3.63, 3.8) is 0 Å². The van der Waals surface area contributed by atoms with Crippen LogP contribution >= 0.6 is 11.3 Å². The lowest BCUT2D eigenvalue weighted by molar-refractivity contribution is 0.145. The number of nitrogens with two attached hydrogens (primary N) is 1. The SMILES string of the molecule is CCOCCCNC(=NCc1cnc(C)s1)NN. The molecule has 1 heterocycles. The number of aliphatic imine (C=N–C) groups is 1. The minimum atomic E-state index is 0.587. The summed E-state index contributed by atoms with van der Waals surface area (Å²) in [7, 11) is 0. The molecule has 0 aromatic carbocycles. The van der Waals surface area contributed by atoms with Gasteiger partial charge in [-0.05, 0) is 20.3 Å². The first-order chi connectivity index (χ1) is 8.76. The molecule has 0 aliphatic carbocycles. The lowest BCUT2D eigenvalue weighted by Crippen LogP contribution is -2.42. The van der Waals surface area contributed by atoms with Gasteiger partial charge in [-0.2, -0.15) is 0 Å². The van der Waals surface area contributed by atoms with E-state index in [9.17, 15) is 0 Å². The number of guanidine groups is 1. The summed E-state index contributed by atoms with van der Waals surface area (Å²) in [5, 5.41) is 4.17. The van der Waals surface area contributed by atoms with E-state index in [1.807, 2.05) is 20.0 Å². The third-order valence-corrected chi connectivity index (χ3v) is 3.06. The number of aryl methyl sites for hydroxylation is 1. The van der Waals surface area contributed by atoms with E-state index in [4.69, 9.17) is 10.6 Å². The van der Waals surface area contributed by atoms with Crippen molar-refractivity contribution in [2.75, 3.05) is 19.8 Å². The van der Waals surface area contributed by atoms with Crippen molar-refractivity contribution in [3.8, 4) is 0 Å². The van der Waals surface area contributed by atoms with Crippen molar-refractivity contribution in [1.82, 2.24) is 15.7 Å². The van der Waals surface area contributed by atoms with Gasteiger partial charge in [-0.3, -0.25) is 5.43 Å². The highest BCUT2D eigenvalue weighted by molar-refractivity contribution is 7.11. The number of hydrazine groups is 1. The molecule has 7 heteroatoms. The average molecular weight is 271 g/mol. The summed E-state index contributed by atoms with van der Waals surface area (Å²) in [5.74, 6) is 5.99. The molecule has 1 aromatic rings. The van der Waals surface area contributed by atoms with Gasteiger partial charge >= 0.3 is 0 Å². The van der Waals surface area contributed by atoms with Crippen LogP contribution in [-0.2, 0) is 11.3 Å². The van der Waals surface area contributed by atoms with Crippen LogP contribution in [0.1, 0.15) is 23.2 Å². The van der Waals surface area contributed by atoms with Crippen molar-refractivity contribution in [2.24, 2.45) is 10.8 Å². The van der Waals surface area contributed by atoms with E-state index in [1.54, 1.807) is 11.3 Å². The van der Waals surface area contributed by atoms with Crippen LogP contribution in [0.3, 0.4) is 0 Å². The molecule has 0 amide bonds. The minimum Gasteiger partial charge on any atom is -0.382 e. The van der Waals surface area contributed by atoms with Crippen molar-refractivity contribution in [3.05, 3.63) is 16.1 Å². The molecule has 0 spiro atoms. The zero-order valence-electron chi connectivity index (χ0n) is 10.9. The summed E-state index contributed by atoms with van der Waals surface area (Å²) in [5.41, 5.74) is 2.55. The van der Waals surface area contributed by atoms with Gasteiger partial charge < -0.3 is 10.1 Å². The van der Waals surface area contributed by atoms with Crippen molar-refractivity contribution >= 4 is 17.3 Å². The Kier molecular flexibility index (Phi) is 7.31. The van der Waals surface area contributed by atoms with Crippen LogP contribution in [0.5, 0.6) is 0 Å². The molecule has 0 unspecified atom stereocenters. The minimum absolute atomic E-state index is 0.587. The van der Waals surface area contributed by atoms with Crippen molar-refractivity contribution < 1.29 is 4.74 Å². The summed E-state index contributed by atoms with van der Waals surface area (Å²) < 4.78 is 5.24. The Morgan fingerprint density at radius 1 is 1.61 bits per heavy atom. The number of nitrogens with one attached hydrogen (secondary N) is 2. The van der Waals surface area contributed by atoms with E-state index in [-0.39, 0.29) is 0 Å². The molecular weight excluding hydrogens is 250 g/mol. The maximum Gasteiger partial charge on any atom is 0.206 e. The Bertz CT molecular complexity index is 366. The molecule has 0 radical (unpaired) electrons. The normalized spacial score (nSPS) is 11.6. The van der Waals surface area contributed by atoms with Crippen LogP contribution in [0.2, 0.25) is 0 Å². The molecule has 0 bridgehead atoms. The second kappa shape index (κ2) is 8.84. The number of hydrogen-bond donors (Lipinski definition) is 3. The molecule has 0 atom stereocenters. The summed E-state index contributed by atoms with van der Waals surface area (Å²) in [6.07, 6.45) is 2.76. The zero-order valence-corrected chi connectivity index (χ0v) is 11.7. The molecule has 1 rings (SSSR count). The molecule has 4 N–H and O–H groups in total. The van der Waals surface area contributed by atoms with Gasteiger partial charge in [0.1, 0.15) is 0 Å². The van der Waals surface area contributed by atoms with Gasteiger partial charge in [-0.15, -0.1) is 11.3 Å². The van der Waals surface area contributed by atoms with E-state index in [0.29, 0.717) is 12.5 Å². The number of hydrogen-bond acceptors (Lipinski definition) is 5. The molecule has 0 saturated heterocycles. The fraction of sp³-hybridized carbons (Fsp3) is 0.636. The smallest absolute Gasteiger partial charge is 0.206 e. The molecule has 0 aliphatic heterocycles. The summed E-state index contributed by atoms with van der Waals surface area (Å²) in [4.78, 5) is 9.64. The van der Waals surface area contributed by atoms with Gasteiger partial charge in [0.2, 0.25) is 5.96 Å². The van der Waals surface area contributed by atoms with Gasteiger partial charge in [0, 0.05) is 30.8 Å². The Balaban J connectivity index is 2.27. The molecule has 18 heavy (non-hydrogen) atoms. The Labute approximate surface area is 112 Å². The number of thiazole rings is 1. The van der Waals surface area contributed by atoms with Crippen LogP contribution in [-0.4, -0.2) is 30.7 Å². The van der Waals surface area contributed by atoms with E-state index in [0.717, 1.165) is 36.1 Å². The molecule has 102 valence electrons. The van der Waals surface area contributed by atoms with E-state index >= 15 is 0 Å². The molecule has 0 aliphatic rings. The highest BCUT2D eigenvalue weighted by atomic mass is 32.1. The lowest BCUT2D eigenvalue weighted by Gasteiger charge is -2.08. The predicted octanol–water partition coefficient (Wildman–Crippen LogP) is 0.787. The Morgan fingerprint density at radius 3 is 3.06 bits per heavy atom. The van der Waals surface area contributed by atoms with E-state index in [1.165, 1.54) is 0 Å². The molecule has 0 fully saturated rings. The van der Waals surface area contributed by atoms with Crippen molar-refractivity contribution in [2.45, 2.75) is 26.8 Å². The maximum absolute atomic E-state index is 5.40. The first kappa shape index (κ1) is 14.9. The summed E-state index contributed by atoms with van der Waals surface area (Å²) >= 11 is 1.64. The standard InChI is InChI=1S/C11H21N5OS/c1-3-17-6-4-5-13-11(16-12)15-8-10-7-14-9(2)18-10/h7H,3-6,8,12H2,1-2H3,(H2,13,15,16).